The molecular formula is C25H23BrN2O3S. The number of benzene rings is 2. The Hall–Kier alpha value is -2.77. The second-order valence-electron chi connectivity index (χ2n) is 7.59. The number of nitrogens with zero attached hydrogens (tertiary/aromatic N) is 2. The van der Waals surface area contributed by atoms with E-state index in [1.54, 1.807) is 0 Å². The molecule has 0 unspecified atom stereocenters. The predicted octanol–water partition coefficient (Wildman–Crippen LogP) is 6.28. The van der Waals surface area contributed by atoms with E-state index in [1.807, 2.05) is 62.4 Å². The summed E-state index contributed by atoms with van der Waals surface area (Å²) in [6, 6.07) is 17.6. The summed E-state index contributed by atoms with van der Waals surface area (Å²) in [5.41, 5.74) is 5.21. The number of carbonyl (C=O) groups excluding carboxylic acids is 2. The third kappa shape index (κ3) is 4.54. The zero-order valence-corrected chi connectivity index (χ0v) is 20.5. The molecule has 0 N–H and O–H groups in total. The number of thioether (sulfide) groups is 1. The van der Waals surface area contributed by atoms with Crippen molar-refractivity contribution in [3.63, 3.8) is 0 Å². The summed E-state index contributed by atoms with van der Waals surface area (Å²) < 4.78 is 8.86. The van der Waals surface area contributed by atoms with E-state index in [9.17, 15) is 9.59 Å². The Morgan fingerprint density at radius 3 is 2.50 bits per heavy atom. The van der Waals surface area contributed by atoms with Crippen molar-refractivity contribution in [3.8, 4) is 11.4 Å². The van der Waals surface area contributed by atoms with Gasteiger partial charge in [0.05, 0.1) is 11.4 Å². The Morgan fingerprint density at radius 2 is 1.78 bits per heavy atom. The minimum atomic E-state index is -0.277. The second-order valence-corrected chi connectivity index (χ2v) is 9.44. The zero-order chi connectivity index (χ0) is 22.8. The minimum Gasteiger partial charge on any atom is -0.492 e. The van der Waals surface area contributed by atoms with Gasteiger partial charge in [-0.1, -0.05) is 34.1 Å². The molecule has 0 saturated carbocycles. The molecule has 0 aliphatic carbocycles. The maximum atomic E-state index is 12.9. The summed E-state index contributed by atoms with van der Waals surface area (Å²) in [7, 11) is 0. The average molecular weight is 511 g/mol. The van der Waals surface area contributed by atoms with Crippen LogP contribution in [0.15, 0.2) is 64.0 Å². The highest BCUT2D eigenvalue weighted by Gasteiger charge is 2.35. The molecule has 0 atom stereocenters. The number of amides is 2. The van der Waals surface area contributed by atoms with Crippen LogP contribution >= 0.6 is 27.7 Å². The van der Waals surface area contributed by atoms with E-state index in [1.165, 1.54) is 4.90 Å². The summed E-state index contributed by atoms with van der Waals surface area (Å²) in [6.45, 7) is 6.59. The Kier molecular flexibility index (Phi) is 6.58. The minimum absolute atomic E-state index is 0.216. The van der Waals surface area contributed by atoms with Crippen molar-refractivity contribution < 1.29 is 14.3 Å². The highest BCUT2D eigenvalue weighted by Crippen LogP contribution is 2.34. The molecule has 3 aromatic rings. The van der Waals surface area contributed by atoms with Gasteiger partial charge in [-0.25, -0.2) is 0 Å². The molecule has 2 aromatic carbocycles. The lowest BCUT2D eigenvalue weighted by atomic mass is 10.2. The Bertz CT molecular complexity index is 1220. The first kappa shape index (κ1) is 22.4. The molecule has 5 nitrogen and oxygen atoms in total. The normalized spacial score (nSPS) is 15.1. The highest BCUT2D eigenvalue weighted by molar-refractivity contribution is 9.10. The van der Waals surface area contributed by atoms with Crippen LogP contribution in [0.5, 0.6) is 5.75 Å². The lowest BCUT2D eigenvalue weighted by molar-refractivity contribution is -0.123. The van der Waals surface area contributed by atoms with E-state index in [0.717, 1.165) is 44.4 Å². The Labute approximate surface area is 200 Å². The van der Waals surface area contributed by atoms with E-state index in [-0.39, 0.29) is 24.3 Å². The first-order chi connectivity index (χ1) is 15.3. The number of hydrogen-bond donors (Lipinski definition) is 0. The van der Waals surface area contributed by atoms with Gasteiger partial charge in [0.25, 0.3) is 11.1 Å². The van der Waals surface area contributed by atoms with Crippen molar-refractivity contribution in [3.05, 3.63) is 86.5 Å². The number of imide groups is 1. The fraction of sp³-hybridized carbons (Fsp3) is 0.200. The van der Waals surface area contributed by atoms with Gasteiger partial charge in [0.2, 0.25) is 0 Å². The van der Waals surface area contributed by atoms with E-state index in [2.05, 4.69) is 39.6 Å². The molecule has 1 aliphatic rings. The third-order valence-electron chi connectivity index (χ3n) is 5.36. The van der Waals surface area contributed by atoms with Gasteiger partial charge >= 0.3 is 0 Å². The van der Waals surface area contributed by atoms with Gasteiger partial charge in [-0.15, -0.1) is 0 Å². The van der Waals surface area contributed by atoms with Crippen LogP contribution < -0.4 is 4.74 Å². The molecule has 0 radical (unpaired) electrons. The van der Waals surface area contributed by atoms with Gasteiger partial charge in [0, 0.05) is 21.5 Å². The van der Waals surface area contributed by atoms with Crippen molar-refractivity contribution in [2.75, 3.05) is 13.2 Å². The topological polar surface area (TPSA) is 51.5 Å². The van der Waals surface area contributed by atoms with Crippen LogP contribution in [-0.4, -0.2) is 33.8 Å². The number of ether oxygens (including phenoxy) is 1. The number of aromatic nitrogens is 1. The van der Waals surface area contributed by atoms with Crippen LogP contribution in [0.3, 0.4) is 0 Å². The molecule has 2 heterocycles. The molecule has 2 amide bonds. The molecule has 1 aromatic heterocycles. The van der Waals surface area contributed by atoms with Crippen molar-refractivity contribution >= 4 is 44.9 Å². The SMILES string of the molecule is Cc1cc(-n2c(C)cc(/C=C3\SC(=O)N(CCOc4ccccc4)C3=O)c2C)ccc1Br. The van der Waals surface area contributed by atoms with Crippen LogP contribution in [0.25, 0.3) is 11.8 Å². The van der Waals surface area contributed by atoms with Gasteiger partial charge < -0.3 is 9.30 Å². The summed E-state index contributed by atoms with van der Waals surface area (Å²) in [5.74, 6) is 0.437. The fourth-order valence-electron chi connectivity index (χ4n) is 3.70. The second kappa shape index (κ2) is 9.38. The first-order valence-electron chi connectivity index (χ1n) is 10.2. The lowest BCUT2D eigenvalue weighted by Crippen LogP contribution is -2.32. The van der Waals surface area contributed by atoms with Crippen molar-refractivity contribution in [2.24, 2.45) is 0 Å². The van der Waals surface area contributed by atoms with Crippen LogP contribution in [-0.2, 0) is 4.79 Å². The molecule has 1 saturated heterocycles. The van der Waals surface area contributed by atoms with Crippen LogP contribution in [0, 0.1) is 20.8 Å². The smallest absolute Gasteiger partial charge is 0.293 e. The van der Waals surface area contributed by atoms with E-state index < -0.39 is 0 Å². The lowest BCUT2D eigenvalue weighted by Gasteiger charge is -2.13. The van der Waals surface area contributed by atoms with Gasteiger partial charge in [0.15, 0.2) is 0 Å². The molecule has 164 valence electrons. The predicted molar refractivity (Wildman–Crippen MR) is 132 cm³/mol. The number of carbonyl (C=O) groups is 2. The maximum absolute atomic E-state index is 12.9. The molecule has 7 heteroatoms. The summed E-state index contributed by atoms with van der Waals surface area (Å²) >= 11 is 4.52. The van der Waals surface area contributed by atoms with Crippen LogP contribution in [0.1, 0.15) is 22.5 Å². The number of hydrogen-bond acceptors (Lipinski definition) is 4. The summed E-state index contributed by atoms with van der Waals surface area (Å²) in [5, 5.41) is -0.268. The summed E-state index contributed by atoms with van der Waals surface area (Å²) in [6.07, 6.45) is 1.81. The quantitative estimate of drug-likeness (QED) is 0.366. The van der Waals surface area contributed by atoms with E-state index in [0.29, 0.717) is 10.7 Å². The molecule has 0 spiro atoms. The molecule has 0 bridgehead atoms. The molecule has 4 rings (SSSR count). The molecule has 32 heavy (non-hydrogen) atoms. The van der Waals surface area contributed by atoms with Gasteiger partial charge in [-0.2, -0.15) is 0 Å². The van der Waals surface area contributed by atoms with Crippen molar-refractivity contribution in [2.45, 2.75) is 20.8 Å². The molecule has 1 fully saturated rings. The third-order valence-corrected chi connectivity index (χ3v) is 7.15. The largest absolute Gasteiger partial charge is 0.492 e. The van der Waals surface area contributed by atoms with Crippen molar-refractivity contribution in [1.29, 1.82) is 0 Å². The van der Waals surface area contributed by atoms with Crippen LogP contribution in [0.2, 0.25) is 0 Å². The van der Waals surface area contributed by atoms with Crippen LogP contribution in [0.4, 0.5) is 4.79 Å². The molecule has 1 aliphatic heterocycles. The highest BCUT2D eigenvalue weighted by atomic mass is 79.9. The Balaban J connectivity index is 1.52. The number of rotatable bonds is 6. The van der Waals surface area contributed by atoms with E-state index >= 15 is 0 Å². The average Bonchev–Trinajstić information content (AvgIpc) is 3.20. The van der Waals surface area contributed by atoms with Gasteiger partial charge in [-0.05, 0) is 86.1 Å². The van der Waals surface area contributed by atoms with Gasteiger partial charge in [-0.3, -0.25) is 14.5 Å². The van der Waals surface area contributed by atoms with E-state index in [4.69, 9.17) is 4.74 Å². The number of aryl methyl sites for hydroxylation is 2. The first-order valence-corrected chi connectivity index (χ1v) is 11.8. The fourth-order valence-corrected chi connectivity index (χ4v) is 4.81. The number of para-hydroxylation sites is 1. The standard InChI is InChI=1S/C25H23BrN2O3S/c1-16-13-20(9-10-22(16)26)28-17(2)14-19(18(28)3)15-23-24(29)27(25(30)32-23)11-12-31-21-7-5-4-6-8-21/h4-10,13-15H,11-12H2,1-3H3/b23-15-. The Morgan fingerprint density at radius 1 is 1.03 bits per heavy atom. The van der Waals surface area contributed by atoms with Crippen molar-refractivity contribution in [1.82, 2.24) is 9.47 Å². The monoisotopic (exact) mass is 510 g/mol. The maximum Gasteiger partial charge on any atom is 0.293 e. The zero-order valence-electron chi connectivity index (χ0n) is 18.1. The summed E-state index contributed by atoms with van der Waals surface area (Å²) in [4.78, 5) is 27.0. The van der Waals surface area contributed by atoms with Gasteiger partial charge in [0.1, 0.15) is 12.4 Å². The number of halogens is 1. The molecular weight excluding hydrogens is 488 g/mol.